The van der Waals surface area contributed by atoms with Crippen LogP contribution in [0.3, 0.4) is 0 Å². The number of benzene rings is 1. The molecule has 74 valence electrons. The Morgan fingerprint density at radius 2 is 1.93 bits per heavy atom. The number of aromatic nitrogens is 1. The van der Waals surface area contributed by atoms with Gasteiger partial charge in [-0.15, -0.1) is 0 Å². The van der Waals surface area contributed by atoms with Gasteiger partial charge in [-0.25, -0.2) is 4.98 Å². The summed E-state index contributed by atoms with van der Waals surface area (Å²) in [6.45, 7) is 0.764. The lowest BCUT2D eigenvalue weighted by atomic mass is 10.1. The van der Waals surface area contributed by atoms with E-state index in [1.54, 1.807) is 0 Å². The van der Waals surface area contributed by atoms with E-state index in [9.17, 15) is 0 Å². The molecular formula is C13H11NO. The smallest absolute Gasteiger partial charge is 0.216 e. The molecule has 0 N–H and O–H groups in total. The second-order valence-electron chi connectivity index (χ2n) is 3.65. The molecule has 0 bridgehead atoms. The van der Waals surface area contributed by atoms with E-state index in [-0.39, 0.29) is 0 Å². The predicted octanol–water partition coefficient (Wildman–Crippen LogP) is 2.68. The molecule has 0 aliphatic carbocycles. The lowest BCUT2D eigenvalue weighted by Gasteiger charge is -2.02. The Balaban J connectivity index is 2.07. The van der Waals surface area contributed by atoms with Crippen LogP contribution in [-0.4, -0.2) is 11.6 Å². The molecule has 0 unspecified atom stereocenters. The molecule has 0 saturated heterocycles. The fourth-order valence-corrected chi connectivity index (χ4v) is 1.85. The number of rotatable bonds is 1. The van der Waals surface area contributed by atoms with Crippen LogP contribution in [0.25, 0.3) is 11.1 Å². The van der Waals surface area contributed by atoms with Gasteiger partial charge in [0.15, 0.2) is 0 Å². The largest absolute Gasteiger partial charge is 0.477 e. The molecule has 0 radical (unpaired) electrons. The number of hydrogen-bond donors (Lipinski definition) is 0. The van der Waals surface area contributed by atoms with Crippen molar-refractivity contribution in [3.05, 3.63) is 48.2 Å². The molecule has 0 amide bonds. The van der Waals surface area contributed by atoms with E-state index in [0.717, 1.165) is 18.9 Å². The molecular weight excluding hydrogens is 186 g/mol. The van der Waals surface area contributed by atoms with Gasteiger partial charge in [0.25, 0.3) is 0 Å². The van der Waals surface area contributed by atoms with Crippen LogP contribution in [0.15, 0.2) is 42.6 Å². The van der Waals surface area contributed by atoms with Crippen LogP contribution in [0.1, 0.15) is 5.56 Å². The van der Waals surface area contributed by atoms with Crippen LogP contribution in [0.2, 0.25) is 0 Å². The molecule has 0 spiro atoms. The summed E-state index contributed by atoms with van der Waals surface area (Å²) in [7, 11) is 0. The maximum absolute atomic E-state index is 5.38. The van der Waals surface area contributed by atoms with Crippen molar-refractivity contribution >= 4 is 0 Å². The zero-order valence-electron chi connectivity index (χ0n) is 8.31. The van der Waals surface area contributed by atoms with Gasteiger partial charge in [0.2, 0.25) is 5.88 Å². The fourth-order valence-electron chi connectivity index (χ4n) is 1.85. The average Bonchev–Trinajstić information content (AvgIpc) is 2.77. The van der Waals surface area contributed by atoms with Crippen LogP contribution in [0.4, 0.5) is 0 Å². The Morgan fingerprint density at radius 1 is 1.07 bits per heavy atom. The maximum Gasteiger partial charge on any atom is 0.216 e. The van der Waals surface area contributed by atoms with Crippen LogP contribution < -0.4 is 4.74 Å². The molecule has 1 aliphatic rings. The first-order valence-corrected chi connectivity index (χ1v) is 5.10. The van der Waals surface area contributed by atoms with Crippen molar-refractivity contribution in [1.29, 1.82) is 0 Å². The summed E-state index contributed by atoms with van der Waals surface area (Å²) in [6, 6.07) is 12.5. The van der Waals surface area contributed by atoms with Gasteiger partial charge in [-0.2, -0.15) is 0 Å². The van der Waals surface area contributed by atoms with E-state index in [4.69, 9.17) is 4.74 Å². The van der Waals surface area contributed by atoms with Crippen molar-refractivity contribution in [2.24, 2.45) is 0 Å². The van der Waals surface area contributed by atoms with Crippen LogP contribution in [0.5, 0.6) is 5.88 Å². The lowest BCUT2D eigenvalue weighted by molar-refractivity contribution is 0.345. The molecule has 15 heavy (non-hydrogen) atoms. The first-order valence-electron chi connectivity index (χ1n) is 5.10. The minimum absolute atomic E-state index is 0.764. The Kier molecular flexibility index (Phi) is 1.91. The number of ether oxygens (including phenoxy) is 1. The molecule has 0 atom stereocenters. The third kappa shape index (κ3) is 1.48. The van der Waals surface area contributed by atoms with E-state index in [1.807, 2.05) is 24.4 Å². The highest BCUT2D eigenvalue weighted by Gasteiger charge is 2.13. The summed E-state index contributed by atoms with van der Waals surface area (Å²) in [6.07, 6.45) is 2.85. The van der Waals surface area contributed by atoms with Crippen molar-refractivity contribution in [3.8, 4) is 17.0 Å². The van der Waals surface area contributed by atoms with Crippen molar-refractivity contribution in [2.75, 3.05) is 6.61 Å². The molecule has 2 nitrogen and oxygen atoms in total. The molecule has 0 saturated carbocycles. The maximum atomic E-state index is 5.38. The van der Waals surface area contributed by atoms with Gasteiger partial charge in [-0.1, -0.05) is 30.3 Å². The van der Waals surface area contributed by atoms with E-state index in [0.29, 0.717) is 0 Å². The van der Waals surface area contributed by atoms with Gasteiger partial charge in [0, 0.05) is 23.7 Å². The van der Waals surface area contributed by atoms with Gasteiger partial charge in [-0.3, -0.25) is 0 Å². The third-order valence-corrected chi connectivity index (χ3v) is 2.64. The Hall–Kier alpha value is -1.83. The molecule has 1 aromatic carbocycles. The summed E-state index contributed by atoms with van der Waals surface area (Å²) < 4.78 is 5.38. The molecule has 2 heterocycles. The number of hydrogen-bond acceptors (Lipinski definition) is 2. The van der Waals surface area contributed by atoms with Gasteiger partial charge in [-0.05, 0) is 11.6 Å². The van der Waals surface area contributed by atoms with Gasteiger partial charge in [0.05, 0.1) is 6.61 Å². The Morgan fingerprint density at radius 3 is 2.80 bits per heavy atom. The fraction of sp³-hybridized carbons (Fsp3) is 0.154. The van der Waals surface area contributed by atoms with Gasteiger partial charge in [0.1, 0.15) is 0 Å². The first-order chi connectivity index (χ1) is 7.43. The molecule has 1 aromatic heterocycles. The molecule has 3 rings (SSSR count). The minimum atomic E-state index is 0.764. The highest BCUT2D eigenvalue weighted by Crippen LogP contribution is 2.27. The third-order valence-electron chi connectivity index (χ3n) is 2.64. The normalized spacial score (nSPS) is 13.3. The SMILES string of the molecule is c1ccc(-c2cnc3c(c2)CCO3)cc1. The van der Waals surface area contributed by atoms with Gasteiger partial charge < -0.3 is 4.74 Å². The van der Waals surface area contributed by atoms with Crippen LogP contribution >= 0.6 is 0 Å². The quantitative estimate of drug-likeness (QED) is 0.701. The topological polar surface area (TPSA) is 22.1 Å². The molecule has 2 heteroatoms. The highest BCUT2D eigenvalue weighted by atomic mass is 16.5. The molecule has 2 aromatic rings. The molecule has 0 fully saturated rings. The number of pyridine rings is 1. The monoisotopic (exact) mass is 197 g/mol. The Bertz CT molecular complexity index is 479. The molecule has 1 aliphatic heterocycles. The van der Waals surface area contributed by atoms with Crippen molar-refractivity contribution in [1.82, 2.24) is 4.98 Å². The lowest BCUT2D eigenvalue weighted by Crippen LogP contribution is -1.87. The number of fused-ring (bicyclic) bond motifs is 1. The minimum Gasteiger partial charge on any atom is -0.477 e. The van der Waals surface area contributed by atoms with Crippen molar-refractivity contribution in [3.63, 3.8) is 0 Å². The average molecular weight is 197 g/mol. The summed E-state index contributed by atoms with van der Waals surface area (Å²) in [5.74, 6) is 0.801. The number of nitrogens with zero attached hydrogens (tertiary/aromatic N) is 1. The predicted molar refractivity (Wildman–Crippen MR) is 58.9 cm³/mol. The van der Waals surface area contributed by atoms with Crippen molar-refractivity contribution < 1.29 is 4.74 Å². The second kappa shape index (κ2) is 3.39. The van der Waals surface area contributed by atoms with E-state index in [1.165, 1.54) is 16.7 Å². The van der Waals surface area contributed by atoms with Crippen LogP contribution in [-0.2, 0) is 6.42 Å². The second-order valence-corrected chi connectivity index (χ2v) is 3.65. The van der Waals surface area contributed by atoms with Gasteiger partial charge >= 0.3 is 0 Å². The highest BCUT2D eigenvalue weighted by molar-refractivity contribution is 5.64. The first kappa shape index (κ1) is 8.48. The van der Waals surface area contributed by atoms with E-state index < -0.39 is 0 Å². The standard InChI is InChI=1S/C13H11NO/c1-2-4-10(5-3-1)12-8-11-6-7-15-13(11)14-9-12/h1-5,8-9H,6-7H2. The van der Waals surface area contributed by atoms with Crippen molar-refractivity contribution in [2.45, 2.75) is 6.42 Å². The zero-order valence-corrected chi connectivity index (χ0v) is 8.31. The van der Waals surface area contributed by atoms with E-state index >= 15 is 0 Å². The summed E-state index contributed by atoms with van der Waals surface area (Å²) >= 11 is 0. The summed E-state index contributed by atoms with van der Waals surface area (Å²) in [4.78, 5) is 4.31. The Labute approximate surface area is 88.5 Å². The summed E-state index contributed by atoms with van der Waals surface area (Å²) in [5, 5.41) is 0. The zero-order chi connectivity index (χ0) is 10.1. The summed E-state index contributed by atoms with van der Waals surface area (Å²) in [5.41, 5.74) is 3.59. The van der Waals surface area contributed by atoms with E-state index in [2.05, 4.69) is 23.2 Å². The van der Waals surface area contributed by atoms with Crippen LogP contribution in [0, 0.1) is 0 Å².